The van der Waals surface area contributed by atoms with Gasteiger partial charge in [0.15, 0.2) is 5.78 Å². The van der Waals surface area contributed by atoms with Gasteiger partial charge in [0.25, 0.3) is 5.91 Å². The molecule has 1 amide bonds. The number of hydrogen-bond donors (Lipinski definition) is 1. The van der Waals surface area contributed by atoms with E-state index in [2.05, 4.69) is 6.58 Å². The van der Waals surface area contributed by atoms with Crippen LogP contribution in [0.4, 0.5) is 0 Å². The van der Waals surface area contributed by atoms with E-state index in [0.29, 0.717) is 0 Å². The van der Waals surface area contributed by atoms with E-state index >= 15 is 0 Å². The summed E-state index contributed by atoms with van der Waals surface area (Å²) < 4.78 is 0. The van der Waals surface area contributed by atoms with Gasteiger partial charge in [0.1, 0.15) is 0 Å². The summed E-state index contributed by atoms with van der Waals surface area (Å²) in [5.41, 5.74) is 4.93. The lowest BCUT2D eigenvalue weighted by Crippen LogP contribution is -2.46. The number of Topliss-reactive ketones (excluding diaryl/α,β-unsaturated/α-hetero) is 1. The van der Waals surface area contributed by atoms with Gasteiger partial charge in [-0.15, -0.1) is 0 Å². The molecule has 0 unspecified atom stereocenters. The maximum atomic E-state index is 11.8. The van der Waals surface area contributed by atoms with E-state index in [9.17, 15) is 9.59 Å². The molecule has 1 aliphatic heterocycles. The summed E-state index contributed by atoms with van der Waals surface area (Å²) in [5.74, 6) is -0.987. The van der Waals surface area contributed by atoms with Crippen molar-refractivity contribution in [3.63, 3.8) is 0 Å². The fourth-order valence-electron chi connectivity index (χ4n) is 1.82. The topological polar surface area (TPSA) is 66.6 Å². The fraction of sp³-hybridized carbons (Fsp3) is 0.600. The Morgan fingerprint density at radius 2 is 2.07 bits per heavy atom. The van der Waals surface area contributed by atoms with Gasteiger partial charge in [-0.2, -0.15) is 0 Å². The Kier molecular flexibility index (Phi) is 3.60. The molecular weight excluding hydrogens is 194 g/mol. The van der Waals surface area contributed by atoms with Crippen LogP contribution in [0, 0.1) is 0 Å². The number of rotatable bonds is 4. The minimum Gasteiger partial charge on any atom is -0.366 e. The van der Waals surface area contributed by atoms with Crippen LogP contribution in [0.2, 0.25) is 0 Å². The molecule has 1 saturated heterocycles. The Hall–Kier alpha value is -1.20. The maximum Gasteiger partial charge on any atom is 0.251 e. The van der Waals surface area contributed by atoms with Crippen molar-refractivity contribution < 1.29 is 9.59 Å². The molecule has 0 radical (unpaired) electrons. The molecule has 0 aromatic carbocycles. The first-order valence-electron chi connectivity index (χ1n) is 4.92. The molecule has 1 atom stereocenters. The number of carbonyl (C=O) groups excluding carboxylic acids is 2. The monoisotopic (exact) mass is 211 g/mol. The smallest absolute Gasteiger partial charge is 0.251 e. The van der Waals surface area contributed by atoms with Crippen LogP contribution >= 0.6 is 0 Å². The number of nitrogens with two attached hydrogens (primary N) is 1. The number of carbonyl (C=O) groups is 2. The molecule has 84 valence electrons. The first kappa shape index (κ1) is 11.9. The summed E-state index contributed by atoms with van der Waals surface area (Å²) in [5, 5.41) is 3.79. The van der Waals surface area contributed by atoms with Crippen molar-refractivity contribution in [2.75, 3.05) is 20.6 Å². The van der Waals surface area contributed by atoms with Crippen molar-refractivity contribution in [3.8, 4) is 0 Å². The van der Waals surface area contributed by atoms with Gasteiger partial charge in [-0.3, -0.25) is 9.59 Å². The Morgan fingerprint density at radius 1 is 1.47 bits per heavy atom. The van der Waals surface area contributed by atoms with Gasteiger partial charge in [-0.1, -0.05) is 6.58 Å². The van der Waals surface area contributed by atoms with E-state index in [-0.39, 0.29) is 17.4 Å². The second-order valence-corrected chi connectivity index (χ2v) is 3.88. The van der Waals surface area contributed by atoms with Gasteiger partial charge in [-0.25, -0.2) is 10.0 Å². The second-order valence-electron chi connectivity index (χ2n) is 3.88. The van der Waals surface area contributed by atoms with Gasteiger partial charge in [-0.05, 0) is 12.8 Å². The number of primary amides is 1. The molecule has 15 heavy (non-hydrogen) atoms. The Morgan fingerprint density at radius 3 is 2.53 bits per heavy atom. The maximum absolute atomic E-state index is 11.8. The number of ketones is 1. The molecule has 0 aromatic rings. The first-order valence-corrected chi connectivity index (χ1v) is 4.92. The molecule has 1 heterocycles. The highest BCUT2D eigenvalue weighted by atomic mass is 16.2. The zero-order chi connectivity index (χ0) is 11.6. The average molecular weight is 211 g/mol. The van der Waals surface area contributed by atoms with Gasteiger partial charge in [0.2, 0.25) is 0 Å². The highest BCUT2D eigenvalue weighted by Crippen LogP contribution is 2.20. The standard InChI is InChI=1S/C10H17N3O2/c1-7(10(11)15)9(14)8-5-4-6-13(8)12(2)3/h8H,1,4-6H2,2-3H3,(H2,11,15)/t8-/m0/s1. The van der Waals surface area contributed by atoms with Gasteiger partial charge < -0.3 is 5.73 Å². The average Bonchev–Trinajstić information content (AvgIpc) is 2.63. The Balaban J connectivity index is 2.75. The SMILES string of the molecule is C=C(C(N)=O)C(=O)[C@@H]1CCCN1N(C)C. The molecule has 1 rings (SSSR count). The quantitative estimate of drug-likeness (QED) is 0.388. The van der Waals surface area contributed by atoms with Gasteiger partial charge in [0.05, 0.1) is 11.6 Å². The first-order chi connectivity index (χ1) is 6.95. The molecular formula is C10H17N3O2. The molecule has 0 spiro atoms. The second kappa shape index (κ2) is 4.55. The Labute approximate surface area is 89.5 Å². The van der Waals surface area contributed by atoms with Crippen molar-refractivity contribution in [2.45, 2.75) is 18.9 Å². The predicted molar refractivity (Wildman–Crippen MR) is 56.8 cm³/mol. The van der Waals surface area contributed by atoms with Crippen LogP contribution in [-0.4, -0.2) is 48.4 Å². The molecule has 0 saturated carbocycles. The summed E-state index contributed by atoms with van der Waals surface area (Å²) >= 11 is 0. The van der Waals surface area contributed by atoms with E-state index in [1.165, 1.54) is 0 Å². The predicted octanol–water partition coefficient (Wildman–Crippen LogP) is -0.462. The minimum absolute atomic E-state index is 0.103. The number of hydrazine groups is 1. The van der Waals surface area contributed by atoms with Crippen molar-refractivity contribution >= 4 is 11.7 Å². The summed E-state index contributed by atoms with van der Waals surface area (Å²) in [7, 11) is 3.75. The molecule has 0 aliphatic carbocycles. The van der Waals surface area contributed by atoms with Crippen molar-refractivity contribution in [2.24, 2.45) is 5.73 Å². The van der Waals surface area contributed by atoms with E-state index in [4.69, 9.17) is 5.73 Å². The van der Waals surface area contributed by atoms with Gasteiger partial charge in [0, 0.05) is 20.6 Å². The van der Waals surface area contributed by atoms with Crippen LogP contribution in [0.1, 0.15) is 12.8 Å². The minimum atomic E-state index is -0.731. The number of nitrogens with zero attached hydrogens (tertiary/aromatic N) is 2. The highest BCUT2D eigenvalue weighted by Gasteiger charge is 2.34. The summed E-state index contributed by atoms with van der Waals surface area (Å²) in [6.07, 6.45) is 1.70. The number of hydrogen-bond acceptors (Lipinski definition) is 4. The summed E-state index contributed by atoms with van der Waals surface area (Å²) in [4.78, 5) is 22.7. The van der Waals surface area contributed by atoms with Crippen LogP contribution in [0.15, 0.2) is 12.2 Å². The molecule has 0 bridgehead atoms. The zero-order valence-corrected chi connectivity index (χ0v) is 9.19. The summed E-state index contributed by atoms with van der Waals surface area (Å²) in [6, 6.07) is -0.278. The molecule has 0 aromatic heterocycles. The van der Waals surface area contributed by atoms with E-state index in [0.717, 1.165) is 19.4 Å². The van der Waals surface area contributed by atoms with Crippen LogP contribution in [0.3, 0.4) is 0 Å². The van der Waals surface area contributed by atoms with Crippen LogP contribution in [0.5, 0.6) is 0 Å². The number of amides is 1. The van der Waals surface area contributed by atoms with Crippen molar-refractivity contribution in [1.82, 2.24) is 10.0 Å². The normalized spacial score (nSPS) is 21.9. The van der Waals surface area contributed by atoms with Gasteiger partial charge >= 0.3 is 0 Å². The molecule has 1 aliphatic rings. The molecule has 1 fully saturated rings. The lowest BCUT2D eigenvalue weighted by molar-refractivity contribution is -0.127. The largest absolute Gasteiger partial charge is 0.366 e. The zero-order valence-electron chi connectivity index (χ0n) is 9.19. The fourth-order valence-corrected chi connectivity index (χ4v) is 1.82. The van der Waals surface area contributed by atoms with Crippen LogP contribution < -0.4 is 5.73 Å². The third-order valence-electron chi connectivity index (χ3n) is 2.64. The van der Waals surface area contributed by atoms with Crippen molar-refractivity contribution in [3.05, 3.63) is 12.2 Å². The molecule has 5 heteroatoms. The van der Waals surface area contributed by atoms with E-state index in [1.807, 2.05) is 24.1 Å². The Bertz CT molecular complexity index is 299. The lowest BCUT2D eigenvalue weighted by atomic mass is 10.0. The molecule has 2 N–H and O–H groups in total. The highest BCUT2D eigenvalue weighted by molar-refractivity contribution is 6.20. The van der Waals surface area contributed by atoms with Crippen LogP contribution in [-0.2, 0) is 9.59 Å². The third-order valence-corrected chi connectivity index (χ3v) is 2.64. The lowest BCUT2D eigenvalue weighted by Gasteiger charge is -2.29. The summed E-state index contributed by atoms with van der Waals surface area (Å²) in [6.45, 7) is 4.25. The van der Waals surface area contributed by atoms with Crippen LogP contribution in [0.25, 0.3) is 0 Å². The third kappa shape index (κ3) is 2.43. The van der Waals surface area contributed by atoms with E-state index in [1.54, 1.807) is 0 Å². The molecule has 5 nitrogen and oxygen atoms in total. The van der Waals surface area contributed by atoms with Crippen molar-refractivity contribution in [1.29, 1.82) is 0 Å². The van der Waals surface area contributed by atoms with E-state index < -0.39 is 5.91 Å².